The molecule has 3 aromatic rings. The summed E-state index contributed by atoms with van der Waals surface area (Å²) in [5.74, 6) is 0.558. The molecule has 1 saturated heterocycles. The summed E-state index contributed by atoms with van der Waals surface area (Å²) < 4.78 is 5.14. The molecule has 194 valence electrons. The maximum Gasteiger partial charge on any atom is 0.220 e. The summed E-state index contributed by atoms with van der Waals surface area (Å²) in [5, 5.41) is 14.3. The maximum atomic E-state index is 12.8. The quantitative estimate of drug-likeness (QED) is 0.341. The van der Waals surface area contributed by atoms with Gasteiger partial charge >= 0.3 is 0 Å². The summed E-state index contributed by atoms with van der Waals surface area (Å²) in [6.07, 6.45) is 2.43. The molecule has 1 amide bonds. The van der Waals surface area contributed by atoms with Crippen LogP contribution in [0.3, 0.4) is 0 Å². The van der Waals surface area contributed by atoms with Crippen LogP contribution in [0.25, 0.3) is 11.1 Å². The number of carbonyl (C=O) groups excluding carboxylic acids is 2. The molecule has 0 unspecified atom stereocenters. The van der Waals surface area contributed by atoms with E-state index in [-0.39, 0.29) is 18.1 Å². The fourth-order valence-corrected chi connectivity index (χ4v) is 4.81. The Balaban J connectivity index is 1.35. The summed E-state index contributed by atoms with van der Waals surface area (Å²) in [6.45, 7) is 2.54. The van der Waals surface area contributed by atoms with Crippen molar-refractivity contribution in [2.24, 2.45) is 0 Å². The normalized spacial score (nSPS) is 15.2. The van der Waals surface area contributed by atoms with Crippen LogP contribution in [0, 0.1) is 0 Å². The lowest BCUT2D eigenvalue weighted by Crippen LogP contribution is -2.46. The third-order valence-electron chi connectivity index (χ3n) is 6.96. The average Bonchev–Trinajstić information content (AvgIpc) is 3.46. The van der Waals surface area contributed by atoms with Gasteiger partial charge in [-0.15, -0.1) is 0 Å². The minimum Gasteiger partial charge on any atom is -0.497 e. The van der Waals surface area contributed by atoms with Crippen LogP contribution in [0.5, 0.6) is 5.75 Å². The molecule has 1 heterocycles. The monoisotopic (exact) mass is 500 g/mol. The van der Waals surface area contributed by atoms with Crippen LogP contribution in [-0.4, -0.2) is 54.5 Å². The zero-order chi connectivity index (χ0) is 26.0. The molecule has 6 nitrogen and oxygen atoms in total. The van der Waals surface area contributed by atoms with E-state index in [0.29, 0.717) is 30.7 Å². The molecule has 1 fully saturated rings. The number of hydrogen-bond donors (Lipinski definition) is 2. The van der Waals surface area contributed by atoms with E-state index in [1.165, 1.54) is 0 Å². The maximum absolute atomic E-state index is 12.8. The topological polar surface area (TPSA) is 78.9 Å². The molecule has 4 rings (SSSR count). The predicted molar refractivity (Wildman–Crippen MR) is 146 cm³/mol. The molecular weight excluding hydrogens is 464 g/mol. The van der Waals surface area contributed by atoms with Crippen molar-refractivity contribution in [2.75, 3.05) is 26.7 Å². The van der Waals surface area contributed by atoms with Gasteiger partial charge in [0.25, 0.3) is 0 Å². The number of ether oxygens (including phenoxy) is 1. The smallest absolute Gasteiger partial charge is 0.220 e. The Kier molecular flexibility index (Phi) is 9.46. The van der Waals surface area contributed by atoms with Crippen molar-refractivity contribution >= 4 is 11.7 Å². The van der Waals surface area contributed by atoms with Crippen LogP contribution in [0.2, 0.25) is 0 Å². The lowest BCUT2D eigenvalue weighted by atomic mass is 9.98. The highest BCUT2D eigenvalue weighted by Gasteiger charge is 2.26. The average molecular weight is 501 g/mol. The van der Waals surface area contributed by atoms with E-state index in [9.17, 15) is 14.7 Å². The van der Waals surface area contributed by atoms with Crippen LogP contribution in [0.4, 0.5) is 0 Å². The number of aliphatic hydroxyl groups excluding tert-OH is 1. The van der Waals surface area contributed by atoms with E-state index < -0.39 is 12.1 Å². The number of aliphatic hydroxyl groups is 1. The van der Waals surface area contributed by atoms with Crippen LogP contribution in [0.1, 0.15) is 54.1 Å². The molecule has 0 saturated carbocycles. The van der Waals surface area contributed by atoms with Crippen molar-refractivity contribution in [3.63, 3.8) is 0 Å². The Morgan fingerprint density at radius 2 is 1.54 bits per heavy atom. The van der Waals surface area contributed by atoms with Crippen molar-refractivity contribution in [1.29, 1.82) is 0 Å². The molecule has 2 atom stereocenters. The first-order chi connectivity index (χ1) is 18.0. The first kappa shape index (κ1) is 26.6. The molecule has 0 bridgehead atoms. The highest BCUT2D eigenvalue weighted by Crippen LogP contribution is 2.24. The lowest BCUT2D eigenvalue weighted by molar-refractivity contribution is -0.123. The van der Waals surface area contributed by atoms with Crippen molar-refractivity contribution in [2.45, 2.75) is 44.2 Å². The Morgan fingerprint density at radius 1 is 0.892 bits per heavy atom. The largest absolute Gasteiger partial charge is 0.497 e. The molecule has 0 radical (unpaired) electrons. The van der Waals surface area contributed by atoms with Gasteiger partial charge in [0.2, 0.25) is 5.91 Å². The number of nitrogens with one attached hydrogen (secondary N) is 1. The number of carbonyl (C=O) groups is 2. The van der Waals surface area contributed by atoms with Gasteiger partial charge in [-0.05, 0) is 73.3 Å². The van der Waals surface area contributed by atoms with Gasteiger partial charge in [-0.3, -0.25) is 9.59 Å². The molecule has 6 heteroatoms. The van der Waals surface area contributed by atoms with E-state index in [4.69, 9.17) is 4.74 Å². The molecule has 3 aromatic carbocycles. The SMILES string of the molecule is COc1ccc(C(=O)CCCC(=O)N[C@H](CN2CCCC2)[C@H](O)c2ccc(-c3ccccc3)cc2)cc1. The lowest BCUT2D eigenvalue weighted by Gasteiger charge is -2.29. The van der Waals surface area contributed by atoms with Crippen molar-refractivity contribution in [3.8, 4) is 16.9 Å². The van der Waals surface area contributed by atoms with Gasteiger partial charge in [0.15, 0.2) is 5.78 Å². The number of nitrogens with zero attached hydrogens (tertiary/aromatic N) is 1. The summed E-state index contributed by atoms with van der Waals surface area (Å²) in [6, 6.07) is 24.6. The summed E-state index contributed by atoms with van der Waals surface area (Å²) >= 11 is 0. The number of benzene rings is 3. The fraction of sp³-hybridized carbons (Fsp3) is 0.355. The van der Waals surface area contributed by atoms with E-state index in [1.807, 2.05) is 42.5 Å². The fourth-order valence-electron chi connectivity index (χ4n) is 4.81. The number of hydrogen-bond acceptors (Lipinski definition) is 5. The van der Waals surface area contributed by atoms with Gasteiger partial charge in [-0.25, -0.2) is 0 Å². The molecular formula is C31H36N2O4. The Hall–Kier alpha value is -3.48. The van der Waals surface area contributed by atoms with E-state index >= 15 is 0 Å². The van der Waals surface area contributed by atoms with Gasteiger partial charge in [0.05, 0.1) is 13.2 Å². The third kappa shape index (κ3) is 7.51. The van der Waals surface area contributed by atoms with Crippen LogP contribution in [0.15, 0.2) is 78.9 Å². The minimum absolute atomic E-state index is 0.00242. The second-order valence-corrected chi connectivity index (χ2v) is 9.62. The number of Topliss-reactive ketones (excluding diaryl/α,β-unsaturated/α-hetero) is 1. The molecule has 0 aromatic heterocycles. The van der Waals surface area contributed by atoms with Gasteiger partial charge < -0.3 is 20.1 Å². The third-order valence-corrected chi connectivity index (χ3v) is 6.96. The Bertz CT molecular complexity index is 1140. The van der Waals surface area contributed by atoms with Crippen molar-refractivity contribution in [3.05, 3.63) is 90.0 Å². The number of methoxy groups -OCH3 is 1. The second-order valence-electron chi connectivity index (χ2n) is 9.62. The van der Waals surface area contributed by atoms with E-state index in [0.717, 1.165) is 42.6 Å². The van der Waals surface area contributed by atoms with Gasteiger partial charge in [0.1, 0.15) is 11.9 Å². The zero-order valence-corrected chi connectivity index (χ0v) is 21.4. The summed E-state index contributed by atoms with van der Waals surface area (Å²) in [4.78, 5) is 27.6. The predicted octanol–water partition coefficient (Wildman–Crippen LogP) is 5.03. The standard InChI is InChI=1S/C31H36N2O4/c1-37-27-18-16-25(17-19-27)29(34)10-7-11-30(35)32-28(22-33-20-5-6-21-33)31(36)26-14-12-24(13-15-26)23-8-3-2-4-9-23/h2-4,8-9,12-19,28,31,36H,5-7,10-11,20-22H2,1H3,(H,32,35)/t28-,31-/m1/s1. The molecule has 0 spiro atoms. The van der Waals surface area contributed by atoms with Gasteiger partial charge in [-0.1, -0.05) is 54.6 Å². The summed E-state index contributed by atoms with van der Waals surface area (Å²) in [5.41, 5.74) is 3.59. The highest BCUT2D eigenvalue weighted by molar-refractivity contribution is 5.96. The van der Waals surface area contributed by atoms with Crippen LogP contribution < -0.4 is 10.1 Å². The molecule has 1 aliphatic rings. The van der Waals surface area contributed by atoms with Crippen LogP contribution >= 0.6 is 0 Å². The number of ketones is 1. The summed E-state index contributed by atoms with van der Waals surface area (Å²) in [7, 11) is 1.59. The molecule has 0 aliphatic carbocycles. The van der Waals surface area contributed by atoms with Gasteiger partial charge in [0, 0.05) is 24.9 Å². The number of rotatable bonds is 12. The van der Waals surface area contributed by atoms with Gasteiger partial charge in [-0.2, -0.15) is 0 Å². The van der Waals surface area contributed by atoms with Crippen molar-refractivity contribution in [1.82, 2.24) is 10.2 Å². The Labute approximate surface area is 219 Å². The molecule has 37 heavy (non-hydrogen) atoms. The minimum atomic E-state index is -0.824. The van der Waals surface area contributed by atoms with Crippen molar-refractivity contribution < 1.29 is 19.4 Å². The molecule has 2 N–H and O–H groups in total. The van der Waals surface area contributed by atoms with Crippen LogP contribution in [-0.2, 0) is 4.79 Å². The van der Waals surface area contributed by atoms with E-state index in [2.05, 4.69) is 22.3 Å². The Morgan fingerprint density at radius 3 is 2.19 bits per heavy atom. The molecule has 1 aliphatic heterocycles. The second kappa shape index (κ2) is 13.2. The first-order valence-corrected chi connectivity index (χ1v) is 13.1. The zero-order valence-electron chi connectivity index (χ0n) is 21.4. The van der Waals surface area contributed by atoms with E-state index in [1.54, 1.807) is 31.4 Å². The highest BCUT2D eigenvalue weighted by atomic mass is 16.5. The first-order valence-electron chi connectivity index (χ1n) is 13.1. The number of likely N-dealkylation sites (tertiary alicyclic amines) is 1. The number of amides is 1.